The molecular formula is C23H28N2O2. The average Bonchev–Trinajstić information content (AvgIpc) is 3.04. The first kappa shape index (κ1) is 18.1. The zero-order chi connectivity index (χ0) is 18.8. The molecule has 27 heavy (non-hydrogen) atoms. The number of carbonyl (C=O) groups excluding carboxylic acids is 1. The average molecular weight is 364 g/mol. The zero-order valence-corrected chi connectivity index (χ0v) is 16.2. The maximum absolute atomic E-state index is 12.6. The van der Waals surface area contributed by atoms with Crippen molar-refractivity contribution < 1.29 is 9.21 Å². The Morgan fingerprint density at radius 2 is 2.15 bits per heavy atom. The number of hydrogen-bond donors (Lipinski definition) is 1. The first-order valence-corrected chi connectivity index (χ1v) is 9.99. The van der Waals surface area contributed by atoms with E-state index in [0.29, 0.717) is 6.42 Å². The Balaban J connectivity index is 1.44. The summed E-state index contributed by atoms with van der Waals surface area (Å²) in [5.41, 5.74) is 1.80. The largest absolute Gasteiger partial charge is 0.464 e. The third-order valence-electron chi connectivity index (χ3n) is 5.57. The van der Waals surface area contributed by atoms with Crippen molar-refractivity contribution in [3.63, 3.8) is 0 Å². The van der Waals surface area contributed by atoms with Crippen molar-refractivity contribution in [2.24, 2.45) is 5.92 Å². The molecule has 142 valence electrons. The molecule has 1 N–H and O–H groups in total. The molecule has 0 saturated carbocycles. The first-order valence-electron chi connectivity index (χ1n) is 9.99. The summed E-state index contributed by atoms with van der Waals surface area (Å²) < 4.78 is 5.71. The number of piperidine rings is 1. The molecule has 2 aromatic carbocycles. The summed E-state index contributed by atoms with van der Waals surface area (Å²) in [6.45, 7) is 7.61. The van der Waals surface area contributed by atoms with Crippen molar-refractivity contribution in [1.82, 2.24) is 10.2 Å². The molecule has 1 saturated heterocycles. The molecule has 4 nitrogen and oxygen atoms in total. The van der Waals surface area contributed by atoms with Crippen LogP contribution in [0.2, 0.25) is 0 Å². The van der Waals surface area contributed by atoms with Crippen molar-refractivity contribution in [1.29, 1.82) is 0 Å². The van der Waals surface area contributed by atoms with Crippen LogP contribution >= 0.6 is 0 Å². The molecule has 0 aliphatic carbocycles. The van der Waals surface area contributed by atoms with E-state index in [-0.39, 0.29) is 11.9 Å². The maximum atomic E-state index is 12.6. The van der Waals surface area contributed by atoms with E-state index in [0.717, 1.165) is 47.5 Å². The van der Waals surface area contributed by atoms with E-state index in [1.54, 1.807) is 6.26 Å². The topological polar surface area (TPSA) is 45.5 Å². The smallest absolute Gasteiger partial charge is 0.224 e. The van der Waals surface area contributed by atoms with Gasteiger partial charge in [0.1, 0.15) is 5.58 Å². The van der Waals surface area contributed by atoms with E-state index in [4.69, 9.17) is 4.42 Å². The van der Waals surface area contributed by atoms with Gasteiger partial charge in [-0.05, 0) is 49.1 Å². The van der Waals surface area contributed by atoms with Crippen LogP contribution in [0, 0.1) is 5.92 Å². The molecular weight excluding hydrogens is 336 g/mol. The van der Waals surface area contributed by atoms with Crippen LogP contribution in [0.1, 0.15) is 32.3 Å². The third kappa shape index (κ3) is 4.01. The first-order chi connectivity index (χ1) is 13.1. The summed E-state index contributed by atoms with van der Waals surface area (Å²) in [4.78, 5) is 15.1. The van der Waals surface area contributed by atoms with Crippen LogP contribution in [0.25, 0.3) is 21.7 Å². The highest BCUT2D eigenvalue weighted by Crippen LogP contribution is 2.30. The lowest BCUT2D eigenvalue weighted by Crippen LogP contribution is -2.45. The Bertz CT molecular complexity index is 946. The highest BCUT2D eigenvalue weighted by molar-refractivity contribution is 6.08. The Labute approximate surface area is 160 Å². The lowest BCUT2D eigenvalue weighted by atomic mass is 10.00. The zero-order valence-electron chi connectivity index (χ0n) is 16.2. The van der Waals surface area contributed by atoms with Gasteiger partial charge in [-0.15, -0.1) is 0 Å². The van der Waals surface area contributed by atoms with Crippen molar-refractivity contribution in [2.75, 3.05) is 19.6 Å². The second-order valence-corrected chi connectivity index (χ2v) is 8.07. The van der Waals surface area contributed by atoms with Crippen LogP contribution in [-0.4, -0.2) is 36.5 Å². The summed E-state index contributed by atoms with van der Waals surface area (Å²) in [6.07, 6.45) is 4.66. The molecule has 0 radical (unpaired) electrons. The van der Waals surface area contributed by atoms with Crippen LogP contribution in [-0.2, 0) is 11.2 Å². The third-order valence-corrected chi connectivity index (χ3v) is 5.57. The predicted molar refractivity (Wildman–Crippen MR) is 110 cm³/mol. The van der Waals surface area contributed by atoms with Gasteiger partial charge in [0.25, 0.3) is 0 Å². The Morgan fingerprint density at radius 1 is 1.30 bits per heavy atom. The van der Waals surface area contributed by atoms with E-state index in [2.05, 4.69) is 42.3 Å². The molecule has 4 heteroatoms. The standard InChI is InChI=1S/C23H28N2O2/c1-16-6-5-11-25(13-16)14-17(2)24-22(26)12-19-15-27-21-10-9-18-7-3-4-8-20(18)23(19)21/h3-4,7-10,15-17H,5-6,11-14H2,1-2H3,(H,24,26). The van der Waals surface area contributed by atoms with Gasteiger partial charge in [-0.25, -0.2) is 0 Å². The minimum Gasteiger partial charge on any atom is -0.464 e. The maximum Gasteiger partial charge on any atom is 0.224 e. The van der Waals surface area contributed by atoms with E-state index in [9.17, 15) is 4.79 Å². The van der Waals surface area contributed by atoms with E-state index in [1.807, 2.05) is 18.2 Å². The molecule has 4 rings (SSSR count). The van der Waals surface area contributed by atoms with Gasteiger partial charge >= 0.3 is 0 Å². The number of fused-ring (bicyclic) bond motifs is 3. The number of hydrogen-bond acceptors (Lipinski definition) is 3. The lowest BCUT2D eigenvalue weighted by molar-refractivity contribution is -0.121. The van der Waals surface area contributed by atoms with Crippen LogP contribution in [0.3, 0.4) is 0 Å². The molecule has 3 aromatic rings. The number of nitrogens with one attached hydrogen (secondary N) is 1. The fourth-order valence-corrected chi connectivity index (χ4v) is 4.39. The predicted octanol–water partition coefficient (Wildman–Crippen LogP) is 4.37. The second kappa shape index (κ2) is 7.73. The monoisotopic (exact) mass is 364 g/mol. The van der Waals surface area contributed by atoms with Gasteiger partial charge in [0.2, 0.25) is 5.91 Å². The van der Waals surface area contributed by atoms with Gasteiger partial charge in [0, 0.05) is 30.1 Å². The highest BCUT2D eigenvalue weighted by atomic mass is 16.3. The number of carbonyl (C=O) groups is 1. The second-order valence-electron chi connectivity index (χ2n) is 8.07. The normalized spacial score (nSPS) is 19.4. The molecule has 0 spiro atoms. The van der Waals surface area contributed by atoms with Gasteiger partial charge in [-0.3, -0.25) is 4.79 Å². The molecule has 2 heterocycles. The fraction of sp³-hybridized carbons (Fsp3) is 0.435. The van der Waals surface area contributed by atoms with Crippen molar-refractivity contribution >= 4 is 27.6 Å². The Morgan fingerprint density at radius 3 is 3.00 bits per heavy atom. The van der Waals surface area contributed by atoms with E-state index >= 15 is 0 Å². The van der Waals surface area contributed by atoms with Gasteiger partial charge < -0.3 is 14.6 Å². The molecule has 2 atom stereocenters. The van der Waals surface area contributed by atoms with Crippen LogP contribution < -0.4 is 5.32 Å². The molecule has 1 aliphatic rings. The lowest BCUT2D eigenvalue weighted by Gasteiger charge is -2.32. The van der Waals surface area contributed by atoms with Crippen LogP contribution in [0.4, 0.5) is 0 Å². The minimum atomic E-state index is 0.0585. The van der Waals surface area contributed by atoms with Gasteiger partial charge in [-0.2, -0.15) is 0 Å². The quantitative estimate of drug-likeness (QED) is 0.731. The van der Waals surface area contributed by atoms with Crippen LogP contribution in [0.5, 0.6) is 0 Å². The van der Waals surface area contributed by atoms with Gasteiger partial charge in [-0.1, -0.05) is 37.3 Å². The molecule has 1 aromatic heterocycles. The summed E-state index contributed by atoms with van der Waals surface area (Å²) in [5, 5.41) is 6.53. The summed E-state index contributed by atoms with van der Waals surface area (Å²) >= 11 is 0. The van der Waals surface area contributed by atoms with Crippen molar-refractivity contribution in [3.05, 3.63) is 48.2 Å². The van der Waals surface area contributed by atoms with Crippen molar-refractivity contribution in [2.45, 2.75) is 39.2 Å². The van der Waals surface area contributed by atoms with E-state index < -0.39 is 0 Å². The molecule has 1 aliphatic heterocycles. The minimum absolute atomic E-state index is 0.0585. The number of amides is 1. The molecule has 1 amide bonds. The number of furan rings is 1. The number of likely N-dealkylation sites (tertiary alicyclic amines) is 1. The Kier molecular flexibility index (Phi) is 5.17. The number of rotatable bonds is 5. The summed E-state index contributed by atoms with van der Waals surface area (Å²) in [6, 6.07) is 12.4. The Hall–Kier alpha value is -2.33. The molecule has 1 fully saturated rings. The fourth-order valence-electron chi connectivity index (χ4n) is 4.39. The van der Waals surface area contributed by atoms with Gasteiger partial charge in [0.15, 0.2) is 0 Å². The van der Waals surface area contributed by atoms with Crippen LogP contribution in [0.15, 0.2) is 47.1 Å². The highest BCUT2D eigenvalue weighted by Gasteiger charge is 2.19. The number of benzene rings is 2. The summed E-state index contributed by atoms with van der Waals surface area (Å²) in [7, 11) is 0. The number of nitrogens with zero attached hydrogens (tertiary/aromatic N) is 1. The molecule has 0 bridgehead atoms. The van der Waals surface area contributed by atoms with E-state index in [1.165, 1.54) is 18.2 Å². The molecule has 2 unspecified atom stereocenters. The van der Waals surface area contributed by atoms with Crippen molar-refractivity contribution in [3.8, 4) is 0 Å². The SMILES string of the molecule is CC1CCCN(CC(C)NC(=O)Cc2coc3ccc4ccccc4c23)C1. The summed E-state index contributed by atoms with van der Waals surface area (Å²) in [5.74, 6) is 0.815. The van der Waals surface area contributed by atoms with Gasteiger partial charge in [0.05, 0.1) is 12.7 Å².